The van der Waals surface area contributed by atoms with Gasteiger partial charge in [0.2, 0.25) is 0 Å². The summed E-state index contributed by atoms with van der Waals surface area (Å²) in [5, 5.41) is 0. The Bertz CT molecular complexity index is 527. The number of rotatable bonds is 9. The molecule has 0 aromatic heterocycles. The van der Waals surface area contributed by atoms with Crippen LogP contribution in [0.2, 0.25) is 0 Å². The Balaban J connectivity index is 0.000000482. The molecule has 4 aliphatic carbocycles. The van der Waals surface area contributed by atoms with Crippen molar-refractivity contribution in [2.24, 2.45) is 0 Å². The Kier molecular flexibility index (Phi) is 18.0. The largest absolute Gasteiger partial charge is 0.673 e. The van der Waals surface area contributed by atoms with Crippen molar-refractivity contribution in [3.63, 3.8) is 0 Å². The van der Waals surface area contributed by atoms with E-state index in [2.05, 4.69) is 0 Å². The third-order valence-corrected chi connectivity index (χ3v) is 16.7. The van der Waals surface area contributed by atoms with Gasteiger partial charge in [-0.05, 0) is 99.2 Å². The van der Waals surface area contributed by atoms with Gasteiger partial charge in [0.05, 0.1) is 0 Å². The molecule has 0 aromatic rings. The van der Waals surface area contributed by atoms with Crippen LogP contribution < -0.4 is 0 Å². The molecule has 0 spiro atoms. The van der Waals surface area contributed by atoms with E-state index >= 15 is 0 Å². The topological polar surface area (TPSA) is 0 Å². The summed E-state index contributed by atoms with van der Waals surface area (Å²) in [6, 6.07) is 0. The van der Waals surface area contributed by atoms with Gasteiger partial charge in [0.15, 0.2) is 0 Å². The molecular formula is C28H52B2F8P2-2. The zero-order valence-electron chi connectivity index (χ0n) is 24.4. The zero-order valence-corrected chi connectivity index (χ0v) is 26.1. The molecule has 238 valence electrons. The molecule has 0 amide bonds. The van der Waals surface area contributed by atoms with Crippen LogP contribution in [0, 0.1) is 0 Å². The second kappa shape index (κ2) is 19.7. The van der Waals surface area contributed by atoms with Gasteiger partial charge < -0.3 is 34.5 Å². The SMILES string of the molecule is C1CCC(P(CCCCP(C2CCCCC2)C2CCCCC2)C2CCCCC2)CC1.F[B-](F)(F)F.F[B-](F)(F)F. The molecule has 12 heteroatoms. The first-order valence-electron chi connectivity index (χ1n) is 16.2. The van der Waals surface area contributed by atoms with Crippen LogP contribution in [0.4, 0.5) is 34.5 Å². The third kappa shape index (κ3) is 17.5. The van der Waals surface area contributed by atoms with E-state index < -0.39 is 14.5 Å². The van der Waals surface area contributed by atoms with Gasteiger partial charge in [0.25, 0.3) is 0 Å². The lowest BCUT2D eigenvalue weighted by molar-refractivity contribution is 0.366. The van der Waals surface area contributed by atoms with E-state index in [1.165, 1.54) is 48.3 Å². The molecule has 0 unspecified atom stereocenters. The minimum absolute atomic E-state index is 0.350. The van der Waals surface area contributed by atoms with Crippen molar-refractivity contribution >= 4 is 30.4 Å². The van der Waals surface area contributed by atoms with Crippen molar-refractivity contribution in [3.8, 4) is 0 Å². The van der Waals surface area contributed by atoms with Crippen molar-refractivity contribution in [1.82, 2.24) is 0 Å². The summed E-state index contributed by atoms with van der Waals surface area (Å²) in [6.07, 6.45) is 38.1. The molecule has 4 saturated carbocycles. The van der Waals surface area contributed by atoms with Gasteiger partial charge in [-0.3, -0.25) is 0 Å². The van der Waals surface area contributed by atoms with Gasteiger partial charge in [-0.2, -0.15) is 0 Å². The Hall–Kier alpha value is 0.430. The summed E-state index contributed by atoms with van der Waals surface area (Å²) in [6.45, 7) is 0. The van der Waals surface area contributed by atoms with Crippen LogP contribution in [0.1, 0.15) is 141 Å². The maximum Gasteiger partial charge on any atom is 0.673 e. The van der Waals surface area contributed by atoms with E-state index in [0.717, 1.165) is 0 Å². The maximum absolute atomic E-state index is 9.75. The van der Waals surface area contributed by atoms with Crippen LogP contribution in [-0.4, -0.2) is 49.5 Å². The third-order valence-electron chi connectivity index (χ3n) is 9.26. The van der Waals surface area contributed by atoms with Crippen molar-refractivity contribution in [3.05, 3.63) is 0 Å². The highest BCUT2D eigenvalue weighted by Gasteiger charge is 2.32. The predicted octanol–water partition coefficient (Wildman–Crippen LogP) is 12.7. The number of hydrogen-bond acceptors (Lipinski definition) is 0. The van der Waals surface area contributed by atoms with E-state index in [-0.39, 0.29) is 0 Å². The first-order valence-corrected chi connectivity index (χ1v) is 19.5. The quantitative estimate of drug-likeness (QED) is 0.104. The van der Waals surface area contributed by atoms with E-state index in [9.17, 15) is 34.5 Å². The monoisotopic (exact) mass is 624 g/mol. The fraction of sp³-hybridized carbons (Fsp3) is 1.00. The minimum atomic E-state index is -6.00. The fourth-order valence-electron chi connectivity index (χ4n) is 7.57. The minimum Gasteiger partial charge on any atom is -0.418 e. The molecule has 0 nitrogen and oxygen atoms in total. The standard InChI is InChI=1S/C28H52P2.2BF4/c1-5-15-25(16-6-1)29(26-17-7-2-8-18-26)23-13-14-24-30(27-19-9-3-10-20-27)28-21-11-4-12-22-28;2*2-1(3,4)5/h25-28H,1-24H2;;/q;2*-1. The lowest BCUT2D eigenvalue weighted by Gasteiger charge is -2.40. The van der Waals surface area contributed by atoms with Gasteiger partial charge >= 0.3 is 14.5 Å². The van der Waals surface area contributed by atoms with Crippen molar-refractivity contribution < 1.29 is 34.5 Å². The normalized spacial score (nSPS) is 22.9. The molecule has 0 radical (unpaired) electrons. The Morgan fingerprint density at radius 1 is 0.350 bits per heavy atom. The van der Waals surface area contributed by atoms with Crippen LogP contribution in [0.25, 0.3) is 0 Å². The Morgan fingerprint density at radius 2 is 0.525 bits per heavy atom. The molecule has 0 aliphatic heterocycles. The summed E-state index contributed by atoms with van der Waals surface area (Å²) < 4.78 is 78.0. The number of halogens is 8. The molecule has 0 aromatic carbocycles. The lowest BCUT2D eigenvalue weighted by atomic mass is 9.99. The Labute approximate surface area is 241 Å². The number of unbranched alkanes of at least 4 members (excludes halogenated alkanes) is 1. The summed E-state index contributed by atoms with van der Waals surface area (Å²) >= 11 is 0. The summed E-state index contributed by atoms with van der Waals surface area (Å²) in [5.74, 6) is 0. The smallest absolute Gasteiger partial charge is 0.418 e. The highest BCUT2D eigenvalue weighted by Crippen LogP contribution is 2.58. The van der Waals surface area contributed by atoms with Crippen LogP contribution in [0.5, 0.6) is 0 Å². The first-order chi connectivity index (χ1) is 18.9. The second-order valence-corrected chi connectivity index (χ2v) is 18.2. The summed E-state index contributed by atoms with van der Waals surface area (Å²) in [5.41, 5.74) is 4.70. The molecule has 0 bridgehead atoms. The van der Waals surface area contributed by atoms with Crippen molar-refractivity contribution in [1.29, 1.82) is 0 Å². The van der Waals surface area contributed by atoms with E-state index in [1.54, 1.807) is 128 Å². The van der Waals surface area contributed by atoms with Crippen LogP contribution in [-0.2, 0) is 0 Å². The molecule has 4 fully saturated rings. The van der Waals surface area contributed by atoms with E-state index in [1.807, 2.05) is 0 Å². The zero-order chi connectivity index (χ0) is 29.4. The van der Waals surface area contributed by atoms with Gasteiger partial charge in [-0.25, -0.2) is 0 Å². The van der Waals surface area contributed by atoms with Crippen LogP contribution in [0.15, 0.2) is 0 Å². The van der Waals surface area contributed by atoms with Gasteiger partial charge in [-0.1, -0.05) is 77.0 Å². The fourth-order valence-corrected chi connectivity index (χ4v) is 15.5. The predicted molar refractivity (Wildman–Crippen MR) is 161 cm³/mol. The molecule has 40 heavy (non-hydrogen) atoms. The van der Waals surface area contributed by atoms with Crippen LogP contribution in [0.3, 0.4) is 0 Å². The van der Waals surface area contributed by atoms with Gasteiger partial charge in [0, 0.05) is 0 Å². The molecular weight excluding hydrogens is 572 g/mol. The molecule has 0 atom stereocenters. The summed E-state index contributed by atoms with van der Waals surface area (Å²) in [7, 11) is -11.3. The second-order valence-electron chi connectivity index (χ2n) is 12.3. The van der Waals surface area contributed by atoms with Gasteiger partial charge in [-0.15, -0.1) is 15.8 Å². The van der Waals surface area contributed by atoms with Crippen LogP contribution >= 0.6 is 15.8 Å². The van der Waals surface area contributed by atoms with Gasteiger partial charge in [0.1, 0.15) is 0 Å². The average molecular weight is 624 g/mol. The molecule has 0 saturated heterocycles. The molecule has 0 N–H and O–H groups in total. The van der Waals surface area contributed by atoms with Crippen molar-refractivity contribution in [2.75, 3.05) is 12.3 Å². The first kappa shape index (κ1) is 36.6. The number of hydrogen-bond donors (Lipinski definition) is 0. The lowest BCUT2D eigenvalue weighted by Crippen LogP contribution is -2.23. The molecule has 4 rings (SSSR count). The van der Waals surface area contributed by atoms with E-state index in [4.69, 9.17) is 0 Å². The average Bonchev–Trinajstić information content (AvgIpc) is 2.91. The van der Waals surface area contributed by atoms with Crippen molar-refractivity contribution in [2.45, 2.75) is 164 Å². The molecule has 0 heterocycles. The molecule has 4 aliphatic rings. The summed E-state index contributed by atoms with van der Waals surface area (Å²) in [4.78, 5) is 0. The maximum atomic E-state index is 9.75. The highest BCUT2D eigenvalue weighted by molar-refractivity contribution is 7.59. The Morgan fingerprint density at radius 3 is 0.700 bits per heavy atom. The highest BCUT2D eigenvalue weighted by atomic mass is 31.1. The van der Waals surface area contributed by atoms with E-state index in [0.29, 0.717) is 15.8 Å².